The summed E-state index contributed by atoms with van der Waals surface area (Å²) in [7, 11) is 0. The summed E-state index contributed by atoms with van der Waals surface area (Å²) >= 11 is 0. The number of aliphatic hydroxyl groups excluding tert-OH is 1. The molecule has 0 radical (unpaired) electrons. The maximum Gasteiger partial charge on any atom is 0.417 e. The zero-order valence-electron chi connectivity index (χ0n) is 13.5. The van der Waals surface area contributed by atoms with E-state index in [1.54, 1.807) is 0 Å². The van der Waals surface area contributed by atoms with Crippen molar-refractivity contribution < 1.29 is 41.0 Å². The summed E-state index contributed by atoms with van der Waals surface area (Å²) in [4.78, 5) is 12.5. The Kier molecular flexibility index (Phi) is 5.02. The van der Waals surface area contributed by atoms with Crippen molar-refractivity contribution in [2.45, 2.75) is 56.9 Å². The largest absolute Gasteiger partial charge is 0.444 e. The van der Waals surface area contributed by atoms with Gasteiger partial charge in [0.1, 0.15) is 12.1 Å². The van der Waals surface area contributed by atoms with E-state index in [2.05, 4.69) is 0 Å². The lowest BCUT2D eigenvalue weighted by Crippen LogP contribution is -2.55. The van der Waals surface area contributed by atoms with Crippen LogP contribution >= 0.6 is 0 Å². The number of alkyl halides is 6. The van der Waals surface area contributed by atoms with E-state index in [1.165, 1.54) is 6.07 Å². The van der Waals surface area contributed by atoms with Crippen LogP contribution in [0.1, 0.15) is 20.3 Å². The van der Waals surface area contributed by atoms with Crippen molar-refractivity contribution in [1.82, 2.24) is 4.90 Å². The summed E-state index contributed by atoms with van der Waals surface area (Å²) in [6.45, 7) is 2.10. The second kappa shape index (κ2) is 6.50. The van der Waals surface area contributed by atoms with Gasteiger partial charge in [-0.15, -0.1) is 0 Å². The highest BCUT2D eigenvalue weighted by Gasteiger charge is 2.56. The normalized spacial score (nSPS) is 28.6. The number of cyclic esters (lactones) is 1. The Labute approximate surface area is 144 Å². The van der Waals surface area contributed by atoms with Crippen molar-refractivity contribution in [1.29, 1.82) is 5.26 Å². The molecule has 0 saturated carbocycles. The van der Waals surface area contributed by atoms with E-state index < -0.39 is 59.5 Å². The van der Waals surface area contributed by atoms with Crippen molar-refractivity contribution in [2.24, 2.45) is 0 Å². The fourth-order valence-electron chi connectivity index (χ4n) is 3.26. The van der Waals surface area contributed by atoms with Crippen LogP contribution in [0.4, 0.5) is 31.1 Å². The van der Waals surface area contributed by atoms with E-state index in [1.807, 2.05) is 0 Å². The van der Waals surface area contributed by atoms with Crippen LogP contribution in [0.15, 0.2) is 22.8 Å². The van der Waals surface area contributed by atoms with Gasteiger partial charge < -0.3 is 9.84 Å². The molecule has 5 nitrogen and oxygen atoms in total. The number of aliphatic hydroxyl groups is 1. The maximum absolute atomic E-state index is 13.3. The van der Waals surface area contributed by atoms with Gasteiger partial charge in [0.15, 0.2) is 6.10 Å². The summed E-state index contributed by atoms with van der Waals surface area (Å²) in [6, 6.07) is -1.94. The zero-order valence-corrected chi connectivity index (χ0v) is 13.5. The smallest absolute Gasteiger partial charge is 0.417 e. The van der Waals surface area contributed by atoms with Gasteiger partial charge in [0.2, 0.25) is 0 Å². The Hall–Kier alpha value is -2.22. The summed E-state index contributed by atoms with van der Waals surface area (Å²) < 4.78 is 83.4. The predicted octanol–water partition coefficient (Wildman–Crippen LogP) is 3.22. The van der Waals surface area contributed by atoms with E-state index in [4.69, 9.17) is 10.00 Å². The monoisotopic (exact) mass is 384 g/mol. The molecule has 1 saturated heterocycles. The van der Waals surface area contributed by atoms with Gasteiger partial charge in [0.25, 0.3) is 0 Å². The van der Waals surface area contributed by atoms with Gasteiger partial charge in [0.05, 0.1) is 23.3 Å². The molecule has 1 aliphatic carbocycles. The molecular formula is C15H14F6N2O3. The number of rotatable bonds is 2. The molecule has 0 bridgehead atoms. The molecular weight excluding hydrogens is 370 g/mol. The van der Waals surface area contributed by atoms with Gasteiger partial charge >= 0.3 is 18.4 Å². The molecule has 1 fully saturated rings. The van der Waals surface area contributed by atoms with Gasteiger partial charge in [-0.2, -0.15) is 31.6 Å². The number of ether oxygens (including phenoxy) is 1. The Balaban J connectivity index is 2.52. The molecule has 0 aromatic rings. The third kappa shape index (κ3) is 3.38. The topological polar surface area (TPSA) is 73.6 Å². The first-order chi connectivity index (χ1) is 11.8. The van der Waals surface area contributed by atoms with Gasteiger partial charge in [-0.1, -0.05) is 6.08 Å². The minimum Gasteiger partial charge on any atom is -0.444 e. The molecule has 144 valence electrons. The average molecular weight is 384 g/mol. The molecule has 1 heterocycles. The van der Waals surface area contributed by atoms with E-state index in [-0.39, 0.29) is 6.42 Å². The van der Waals surface area contributed by atoms with Crippen LogP contribution in [-0.2, 0) is 4.74 Å². The van der Waals surface area contributed by atoms with Crippen LogP contribution in [-0.4, -0.2) is 52.7 Å². The summed E-state index contributed by atoms with van der Waals surface area (Å²) in [5, 5.41) is 18.5. The van der Waals surface area contributed by atoms with Crippen molar-refractivity contribution in [3.8, 4) is 6.07 Å². The average Bonchev–Trinajstić information content (AvgIpc) is 2.77. The third-order valence-corrected chi connectivity index (χ3v) is 4.41. The second-order valence-electron chi connectivity index (χ2n) is 6.01. The minimum absolute atomic E-state index is 0.308. The van der Waals surface area contributed by atoms with Crippen LogP contribution in [0.3, 0.4) is 0 Å². The standard InChI is InChI=1S/C15H14F6N2O3/c1-6-9(4-3-8(5-22)10(6)14(16,17)18)23-11(7(2)26-13(23)25)12(24)15(19,20)21/h3,7,9,11-12,24H,4H2,1-2H3. The van der Waals surface area contributed by atoms with E-state index >= 15 is 0 Å². The third-order valence-electron chi connectivity index (χ3n) is 4.41. The summed E-state index contributed by atoms with van der Waals surface area (Å²) in [5.41, 5.74) is -2.45. The highest BCUT2D eigenvalue weighted by Crippen LogP contribution is 2.42. The molecule has 26 heavy (non-hydrogen) atoms. The number of carbonyl (C=O) groups excluding carboxylic acids is 1. The second-order valence-corrected chi connectivity index (χ2v) is 6.01. The van der Waals surface area contributed by atoms with E-state index in [0.29, 0.717) is 4.90 Å². The molecule has 1 aliphatic heterocycles. The first-order valence-corrected chi connectivity index (χ1v) is 7.43. The number of halogens is 6. The molecule has 1 N–H and O–H groups in total. The number of amides is 1. The molecule has 11 heteroatoms. The Morgan fingerprint density at radius 3 is 2.38 bits per heavy atom. The minimum atomic E-state index is -5.10. The Bertz CT molecular complexity index is 704. The zero-order chi connectivity index (χ0) is 20.0. The molecule has 0 aromatic heterocycles. The first-order valence-electron chi connectivity index (χ1n) is 7.43. The molecule has 0 spiro atoms. The predicted molar refractivity (Wildman–Crippen MR) is 74.5 cm³/mol. The van der Waals surface area contributed by atoms with Gasteiger partial charge in [-0.3, -0.25) is 4.90 Å². The van der Waals surface area contributed by atoms with Crippen molar-refractivity contribution >= 4 is 6.09 Å². The summed E-state index contributed by atoms with van der Waals surface area (Å²) in [6.07, 6.45) is -15.1. The van der Waals surface area contributed by atoms with Crippen LogP contribution in [0, 0.1) is 11.3 Å². The molecule has 4 atom stereocenters. The Morgan fingerprint density at radius 2 is 1.92 bits per heavy atom. The number of nitrogens with zero attached hydrogens (tertiary/aromatic N) is 2. The molecule has 2 rings (SSSR count). The number of hydrogen-bond donors (Lipinski definition) is 1. The van der Waals surface area contributed by atoms with Crippen LogP contribution in [0.2, 0.25) is 0 Å². The van der Waals surface area contributed by atoms with E-state index in [0.717, 1.165) is 19.9 Å². The summed E-state index contributed by atoms with van der Waals surface area (Å²) in [5.74, 6) is 0. The Morgan fingerprint density at radius 1 is 1.35 bits per heavy atom. The number of carbonyl (C=O) groups is 1. The number of allylic oxidation sites excluding steroid dienone is 2. The van der Waals surface area contributed by atoms with Crippen LogP contribution in [0.5, 0.6) is 0 Å². The van der Waals surface area contributed by atoms with Crippen LogP contribution < -0.4 is 0 Å². The van der Waals surface area contributed by atoms with Gasteiger partial charge in [0, 0.05) is 0 Å². The van der Waals surface area contributed by atoms with Crippen molar-refractivity contribution in [3.05, 3.63) is 22.8 Å². The molecule has 4 unspecified atom stereocenters. The SMILES string of the molecule is CC1=C(C(F)(F)F)C(C#N)=CCC1N1C(=O)OC(C)C1C(O)C(F)(F)F. The van der Waals surface area contributed by atoms with E-state index in [9.17, 15) is 36.2 Å². The fraction of sp³-hybridized carbons (Fsp3) is 0.600. The maximum atomic E-state index is 13.3. The number of nitriles is 1. The lowest BCUT2D eigenvalue weighted by Gasteiger charge is -2.37. The molecule has 2 aliphatic rings. The van der Waals surface area contributed by atoms with Crippen LogP contribution in [0.25, 0.3) is 0 Å². The quantitative estimate of drug-likeness (QED) is 0.742. The van der Waals surface area contributed by atoms with Crippen molar-refractivity contribution in [3.63, 3.8) is 0 Å². The van der Waals surface area contributed by atoms with Gasteiger partial charge in [-0.25, -0.2) is 4.79 Å². The molecule has 0 aromatic carbocycles. The van der Waals surface area contributed by atoms with Crippen molar-refractivity contribution in [2.75, 3.05) is 0 Å². The first kappa shape index (κ1) is 20.1. The number of hydrogen-bond acceptors (Lipinski definition) is 4. The highest BCUT2D eigenvalue weighted by atomic mass is 19.4. The molecule has 1 amide bonds. The lowest BCUT2D eigenvalue weighted by atomic mass is 9.86. The highest BCUT2D eigenvalue weighted by molar-refractivity contribution is 5.72. The lowest BCUT2D eigenvalue weighted by molar-refractivity contribution is -0.221. The van der Waals surface area contributed by atoms with Gasteiger partial charge in [-0.05, 0) is 25.8 Å². The fourth-order valence-corrected chi connectivity index (χ4v) is 3.26.